The summed E-state index contributed by atoms with van der Waals surface area (Å²) in [7, 11) is 0. The maximum absolute atomic E-state index is 4.41. The van der Waals surface area contributed by atoms with Gasteiger partial charge in [0.2, 0.25) is 0 Å². The van der Waals surface area contributed by atoms with Crippen LogP contribution >= 0.6 is 0 Å². The van der Waals surface area contributed by atoms with E-state index in [1.807, 2.05) is 6.20 Å². The number of anilines is 1. The molecule has 2 nitrogen and oxygen atoms in total. The molecule has 0 aliphatic heterocycles. The highest BCUT2D eigenvalue weighted by Crippen LogP contribution is 2.24. The SMILES string of the molecule is Cc1ccc(NC2CCCC(C)CC2)nc1. The number of nitrogens with zero attached hydrogens (tertiary/aromatic N) is 1. The van der Waals surface area contributed by atoms with E-state index in [-0.39, 0.29) is 0 Å². The van der Waals surface area contributed by atoms with E-state index in [1.165, 1.54) is 37.7 Å². The molecule has 0 saturated heterocycles. The number of rotatable bonds is 2. The van der Waals surface area contributed by atoms with Crippen LogP contribution in [-0.4, -0.2) is 11.0 Å². The molecule has 2 atom stereocenters. The summed E-state index contributed by atoms with van der Waals surface area (Å²) in [4.78, 5) is 4.41. The molecule has 2 heteroatoms. The highest BCUT2D eigenvalue weighted by molar-refractivity contribution is 5.36. The number of aromatic nitrogens is 1. The Morgan fingerprint density at radius 2 is 2.06 bits per heavy atom. The van der Waals surface area contributed by atoms with E-state index in [4.69, 9.17) is 0 Å². The third-order valence-electron chi connectivity index (χ3n) is 3.52. The predicted octanol–water partition coefficient (Wildman–Crippen LogP) is 3.77. The van der Waals surface area contributed by atoms with Crippen LogP contribution in [0.2, 0.25) is 0 Å². The Kier molecular flexibility index (Phi) is 3.81. The largest absolute Gasteiger partial charge is 0.367 e. The van der Waals surface area contributed by atoms with Gasteiger partial charge in [0, 0.05) is 12.2 Å². The minimum absolute atomic E-state index is 0.625. The van der Waals surface area contributed by atoms with E-state index in [1.54, 1.807) is 0 Å². The average Bonchev–Trinajstić information content (AvgIpc) is 2.47. The van der Waals surface area contributed by atoms with Gasteiger partial charge in [-0.25, -0.2) is 4.98 Å². The molecule has 2 unspecified atom stereocenters. The lowest BCUT2D eigenvalue weighted by atomic mass is 10.0. The van der Waals surface area contributed by atoms with Crippen molar-refractivity contribution in [2.24, 2.45) is 5.92 Å². The summed E-state index contributed by atoms with van der Waals surface area (Å²) in [6.07, 6.45) is 8.60. The summed E-state index contributed by atoms with van der Waals surface area (Å²) < 4.78 is 0. The van der Waals surface area contributed by atoms with Gasteiger partial charge in [0.05, 0.1) is 0 Å². The Morgan fingerprint density at radius 3 is 2.81 bits per heavy atom. The highest BCUT2D eigenvalue weighted by Gasteiger charge is 2.15. The molecule has 1 aliphatic rings. The lowest BCUT2D eigenvalue weighted by Crippen LogP contribution is -2.19. The van der Waals surface area contributed by atoms with E-state index < -0.39 is 0 Å². The van der Waals surface area contributed by atoms with Crippen LogP contribution in [0.15, 0.2) is 18.3 Å². The quantitative estimate of drug-likeness (QED) is 0.764. The third kappa shape index (κ3) is 3.22. The molecule has 0 radical (unpaired) electrons. The van der Waals surface area contributed by atoms with Crippen molar-refractivity contribution in [3.8, 4) is 0 Å². The molecule has 1 aromatic rings. The summed E-state index contributed by atoms with van der Waals surface area (Å²) in [6, 6.07) is 4.83. The van der Waals surface area contributed by atoms with E-state index in [9.17, 15) is 0 Å². The van der Waals surface area contributed by atoms with Crippen LogP contribution in [0.4, 0.5) is 5.82 Å². The average molecular weight is 218 g/mol. The Bertz CT molecular complexity index is 318. The van der Waals surface area contributed by atoms with Crippen molar-refractivity contribution in [2.45, 2.75) is 52.0 Å². The van der Waals surface area contributed by atoms with Gasteiger partial charge >= 0.3 is 0 Å². The molecule has 0 bridgehead atoms. The zero-order valence-corrected chi connectivity index (χ0v) is 10.4. The van der Waals surface area contributed by atoms with Gasteiger partial charge in [0.15, 0.2) is 0 Å². The Hall–Kier alpha value is -1.05. The van der Waals surface area contributed by atoms with Crippen molar-refractivity contribution in [2.75, 3.05) is 5.32 Å². The van der Waals surface area contributed by atoms with E-state index in [0.717, 1.165) is 11.7 Å². The van der Waals surface area contributed by atoms with Crippen LogP contribution < -0.4 is 5.32 Å². The van der Waals surface area contributed by atoms with Crippen molar-refractivity contribution in [1.82, 2.24) is 4.98 Å². The number of hydrogen-bond acceptors (Lipinski definition) is 2. The fraction of sp³-hybridized carbons (Fsp3) is 0.643. The van der Waals surface area contributed by atoms with E-state index in [2.05, 4.69) is 36.3 Å². The summed E-state index contributed by atoms with van der Waals surface area (Å²) >= 11 is 0. The van der Waals surface area contributed by atoms with Crippen molar-refractivity contribution in [3.63, 3.8) is 0 Å². The minimum Gasteiger partial charge on any atom is -0.367 e. The fourth-order valence-corrected chi connectivity index (χ4v) is 2.39. The zero-order chi connectivity index (χ0) is 11.4. The monoisotopic (exact) mass is 218 g/mol. The summed E-state index contributed by atoms with van der Waals surface area (Å²) in [5.74, 6) is 1.93. The number of pyridine rings is 1. The summed E-state index contributed by atoms with van der Waals surface area (Å²) in [6.45, 7) is 4.44. The molecule has 88 valence electrons. The predicted molar refractivity (Wildman–Crippen MR) is 68.6 cm³/mol. The number of hydrogen-bond donors (Lipinski definition) is 1. The van der Waals surface area contributed by atoms with E-state index in [0.29, 0.717) is 6.04 Å². The Morgan fingerprint density at radius 1 is 1.19 bits per heavy atom. The summed E-state index contributed by atoms with van der Waals surface area (Å²) in [5, 5.41) is 3.56. The highest BCUT2D eigenvalue weighted by atomic mass is 15.0. The normalized spacial score (nSPS) is 26.1. The van der Waals surface area contributed by atoms with Crippen LogP contribution in [0.3, 0.4) is 0 Å². The standard InChI is InChI=1S/C14H22N2/c1-11-4-3-5-13(8-6-11)16-14-9-7-12(2)10-15-14/h7,9-11,13H,3-6,8H2,1-2H3,(H,15,16). The van der Waals surface area contributed by atoms with Gasteiger partial charge in [-0.2, -0.15) is 0 Å². The van der Waals surface area contributed by atoms with Crippen molar-refractivity contribution in [3.05, 3.63) is 23.9 Å². The van der Waals surface area contributed by atoms with Gasteiger partial charge < -0.3 is 5.32 Å². The molecular weight excluding hydrogens is 196 g/mol. The van der Waals surface area contributed by atoms with Gasteiger partial charge in [-0.1, -0.05) is 25.8 Å². The lowest BCUT2D eigenvalue weighted by Gasteiger charge is -2.16. The second-order valence-electron chi connectivity index (χ2n) is 5.18. The first-order valence-corrected chi connectivity index (χ1v) is 6.43. The molecule has 1 aromatic heterocycles. The maximum Gasteiger partial charge on any atom is 0.126 e. The zero-order valence-electron chi connectivity index (χ0n) is 10.4. The lowest BCUT2D eigenvalue weighted by molar-refractivity contribution is 0.502. The fourth-order valence-electron chi connectivity index (χ4n) is 2.39. The molecule has 2 rings (SSSR count). The van der Waals surface area contributed by atoms with Crippen LogP contribution in [-0.2, 0) is 0 Å². The maximum atomic E-state index is 4.41. The van der Waals surface area contributed by atoms with Crippen LogP contribution in [0.25, 0.3) is 0 Å². The first-order chi connectivity index (χ1) is 7.74. The summed E-state index contributed by atoms with van der Waals surface area (Å²) in [5.41, 5.74) is 1.22. The first-order valence-electron chi connectivity index (χ1n) is 6.43. The second-order valence-corrected chi connectivity index (χ2v) is 5.18. The van der Waals surface area contributed by atoms with Crippen molar-refractivity contribution >= 4 is 5.82 Å². The molecule has 1 aliphatic carbocycles. The number of aryl methyl sites for hydroxylation is 1. The van der Waals surface area contributed by atoms with Crippen LogP contribution in [0.1, 0.15) is 44.6 Å². The van der Waals surface area contributed by atoms with Crippen molar-refractivity contribution < 1.29 is 0 Å². The molecule has 0 aromatic carbocycles. The molecule has 1 fully saturated rings. The first kappa shape index (κ1) is 11.4. The Balaban J connectivity index is 1.91. The molecule has 1 heterocycles. The van der Waals surface area contributed by atoms with E-state index >= 15 is 0 Å². The molecular formula is C14H22N2. The van der Waals surface area contributed by atoms with Crippen LogP contribution in [0, 0.1) is 12.8 Å². The Labute approximate surface area is 98.5 Å². The smallest absolute Gasteiger partial charge is 0.126 e. The van der Waals surface area contributed by atoms with Crippen molar-refractivity contribution in [1.29, 1.82) is 0 Å². The van der Waals surface area contributed by atoms with Gasteiger partial charge in [-0.15, -0.1) is 0 Å². The third-order valence-corrected chi connectivity index (χ3v) is 3.52. The van der Waals surface area contributed by atoms with Gasteiger partial charge in [-0.05, 0) is 43.7 Å². The molecule has 1 N–H and O–H groups in total. The molecule has 0 amide bonds. The van der Waals surface area contributed by atoms with Gasteiger partial charge in [0.1, 0.15) is 5.82 Å². The topological polar surface area (TPSA) is 24.9 Å². The molecule has 1 saturated carbocycles. The molecule has 0 spiro atoms. The second kappa shape index (κ2) is 5.33. The van der Waals surface area contributed by atoms with Gasteiger partial charge in [-0.3, -0.25) is 0 Å². The van der Waals surface area contributed by atoms with Crippen LogP contribution in [0.5, 0.6) is 0 Å². The minimum atomic E-state index is 0.625. The number of nitrogens with one attached hydrogen (secondary N) is 1. The van der Waals surface area contributed by atoms with Gasteiger partial charge in [0.25, 0.3) is 0 Å². The molecule has 16 heavy (non-hydrogen) atoms.